The summed E-state index contributed by atoms with van der Waals surface area (Å²) < 4.78 is 13.2. The molecule has 5 nitrogen and oxygen atoms in total. The van der Waals surface area contributed by atoms with Crippen molar-refractivity contribution in [1.29, 1.82) is 0 Å². The van der Waals surface area contributed by atoms with E-state index in [1.54, 1.807) is 12.3 Å². The van der Waals surface area contributed by atoms with E-state index < -0.39 is 0 Å². The van der Waals surface area contributed by atoms with Gasteiger partial charge in [0.25, 0.3) is 0 Å². The lowest BCUT2D eigenvalue weighted by atomic mass is 10.2. The monoisotopic (exact) mass is 301 g/mol. The quantitative estimate of drug-likeness (QED) is 0.863. The van der Waals surface area contributed by atoms with Gasteiger partial charge in [0.2, 0.25) is 5.95 Å². The summed E-state index contributed by atoms with van der Waals surface area (Å²) in [6.07, 6.45) is 7.71. The SMILES string of the molecule is CCc1cnc(N2CCN(Cc3cncc(F)c3)CC2)nc1. The molecule has 3 heterocycles. The van der Waals surface area contributed by atoms with Gasteiger partial charge in [0.15, 0.2) is 0 Å². The summed E-state index contributed by atoms with van der Waals surface area (Å²) in [6.45, 7) is 6.42. The number of hydrogen-bond donors (Lipinski definition) is 0. The fourth-order valence-electron chi connectivity index (χ4n) is 2.60. The third-order valence-corrected chi connectivity index (χ3v) is 3.92. The maximum Gasteiger partial charge on any atom is 0.225 e. The van der Waals surface area contributed by atoms with Crippen LogP contribution in [0.3, 0.4) is 0 Å². The van der Waals surface area contributed by atoms with E-state index in [4.69, 9.17) is 0 Å². The summed E-state index contributed by atoms with van der Waals surface area (Å²) >= 11 is 0. The van der Waals surface area contributed by atoms with Crippen molar-refractivity contribution in [2.24, 2.45) is 0 Å². The van der Waals surface area contributed by atoms with Crippen LogP contribution in [0, 0.1) is 5.82 Å². The van der Waals surface area contributed by atoms with E-state index >= 15 is 0 Å². The molecule has 0 N–H and O–H groups in total. The molecule has 1 aliphatic heterocycles. The average molecular weight is 301 g/mol. The van der Waals surface area contributed by atoms with Crippen molar-refractivity contribution < 1.29 is 4.39 Å². The molecule has 0 amide bonds. The molecule has 0 aliphatic carbocycles. The second-order valence-electron chi connectivity index (χ2n) is 5.52. The Labute approximate surface area is 129 Å². The predicted molar refractivity (Wildman–Crippen MR) is 83.1 cm³/mol. The third-order valence-electron chi connectivity index (χ3n) is 3.92. The van der Waals surface area contributed by atoms with Gasteiger partial charge in [-0.15, -0.1) is 0 Å². The lowest BCUT2D eigenvalue weighted by Crippen LogP contribution is -2.46. The van der Waals surface area contributed by atoms with Gasteiger partial charge in [-0.05, 0) is 23.6 Å². The highest BCUT2D eigenvalue weighted by molar-refractivity contribution is 5.30. The average Bonchev–Trinajstić information content (AvgIpc) is 2.56. The highest BCUT2D eigenvalue weighted by atomic mass is 19.1. The number of halogens is 1. The highest BCUT2D eigenvalue weighted by Gasteiger charge is 2.19. The van der Waals surface area contributed by atoms with Gasteiger partial charge in [-0.25, -0.2) is 14.4 Å². The number of aromatic nitrogens is 3. The Morgan fingerprint density at radius 2 is 1.73 bits per heavy atom. The molecule has 1 saturated heterocycles. The van der Waals surface area contributed by atoms with Gasteiger partial charge in [-0.1, -0.05) is 6.92 Å². The van der Waals surface area contributed by atoms with Gasteiger partial charge in [-0.2, -0.15) is 0 Å². The van der Waals surface area contributed by atoms with E-state index in [0.29, 0.717) is 0 Å². The molecule has 0 bridgehead atoms. The first-order chi connectivity index (χ1) is 10.7. The summed E-state index contributed by atoms with van der Waals surface area (Å²) in [5, 5.41) is 0. The maximum absolute atomic E-state index is 13.2. The van der Waals surface area contributed by atoms with E-state index in [2.05, 4.69) is 31.7 Å². The largest absolute Gasteiger partial charge is 0.338 e. The van der Waals surface area contributed by atoms with Gasteiger partial charge in [0.1, 0.15) is 5.82 Å². The molecule has 1 aliphatic rings. The minimum Gasteiger partial charge on any atom is -0.338 e. The smallest absolute Gasteiger partial charge is 0.225 e. The third kappa shape index (κ3) is 3.57. The van der Waals surface area contributed by atoms with E-state index in [-0.39, 0.29) is 5.82 Å². The molecular weight excluding hydrogens is 281 g/mol. The first-order valence-electron chi connectivity index (χ1n) is 7.62. The molecule has 2 aromatic heterocycles. The Bertz CT molecular complexity index is 608. The molecule has 0 radical (unpaired) electrons. The molecule has 22 heavy (non-hydrogen) atoms. The van der Waals surface area contributed by atoms with Crippen LogP contribution in [0.25, 0.3) is 0 Å². The number of aryl methyl sites for hydroxylation is 1. The minimum atomic E-state index is -0.277. The summed E-state index contributed by atoms with van der Waals surface area (Å²) in [6, 6.07) is 1.55. The molecule has 0 atom stereocenters. The predicted octanol–water partition coefficient (Wildman–Crippen LogP) is 1.90. The van der Waals surface area contributed by atoms with Gasteiger partial charge in [0.05, 0.1) is 6.20 Å². The highest BCUT2D eigenvalue weighted by Crippen LogP contribution is 2.13. The van der Waals surface area contributed by atoms with E-state index in [0.717, 1.165) is 56.2 Å². The summed E-state index contributed by atoms with van der Waals surface area (Å²) in [5.41, 5.74) is 2.07. The van der Waals surface area contributed by atoms with Gasteiger partial charge >= 0.3 is 0 Å². The Hall–Kier alpha value is -2.08. The van der Waals surface area contributed by atoms with Gasteiger partial charge < -0.3 is 4.90 Å². The van der Waals surface area contributed by atoms with Crippen LogP contribution in [0.4, 0.5) is 10.3 Å². The summed E-state index contributed by atoms with van der Waals surface area (Å²) in [7, 11) is 0. The maximum atomic E-state index is 13.2. The Morgan fingerprint density at radius 3 is 2.36 bits per heavy atom. The standard InChI is InChI=1S/C16H20FN5/c1-2-13-9-19-16(20-10-13)22-5-3-21(4-6-22)12-14-7-15(17)11-18-8-14/h7-11H,2-6,12H2,1H3. The molecule has 6 heteroatoms. The molecule has 0 spiro atoms. The number of rotatable bonds is 4. The van der Waals surface area contributed by atoms with Gasteiger partial charge in [0, 0.05) is 51.3 Å². The molecule has 0 aromatic carbocycles. The van der Waals surface area contributed by atoms with Crippen LogP contribution in [0.5, 0.6) is 0 Å². The van der Waals surface area contributed by atoms with Crippen molar-refractivity contribution in [3.05, 3.63) is 47.8 Å². The molecule has 0 unspecified atom stereocenters. The van der Waals surface area contributed by atoms with Crippen molar-refractivity contribution in [1.82, 2.24) is 19.9 Å². The van der Waals surface area contributed by atoms with Crippen molar-refractivity contribution in [3.8, 4) is 0 Å². The molecule has 3 rings (SSSR count). The molecule has 1 fully saturated rings. The van der Waals surface area contributed by atoms with E-state index in [9.17, 15) is 4.39 Å². The van der Waals surface area contributed by atoms with Crippen molar-refractivity contribution in [2.45, 2.75) is 19.9 Å². The van der Waals surface area contributed by atoms with Crippen molar-refractivity contribution >= 4 is 5.95 Å². The lowest BCUT2D eigenvalue weighted by molar-refractivity contribution is 0.248. The first-order valence-corrected chi connectivity index (χ1v) is 7.62. The Morgan fingerprint density at radius 1 is 1.00 bits per heavy atom. The van der Waals surface area contributed by atoms with E-state index in [1.807, 2.05) is 12.4 Å². The normalized spacial score (nSPS) is 16.0. The minimum absolute atomic E-state index is 0.277. The second-order valence-corrected chi connectivity index (χ2v) is 5.52. The fraction of sp³-hybridized carbons (Fsp3) is 0.438. The van der Waals surface area contributed by atoms with Crippen LogP contribution >= 0.6 is 0 Å². The zero-order valence-corrected chi connectivity index (χ0v) is 12.7. The van der Waals surface area contributed by atoms with E-state index in [1.165, 1.54) is 6.20 Å². The van der Waals surface area contributed by atoms with Crippen molar-refractivity contribution in [2.75, 3.05) is 31.1 Å². The number of anilines is 1. The van der Waals surface area contributed by atoms with Gasteiger partial charge in [-0.3, -0.25) is 9.88 Å². The Kier molecular flexibility index (Phi) is 4.58. The number of pyridine rings is 1. The molecular formula is C16H20FN5. The Balaban J connectivity index is 1.55. The number of piperazine rings is 1. The topological polar surface area (TPSA) is 45.2 Å². The van der Waals surface area contributed by atoms with Crippen LogP contribution < -0.4 is 4.90 Å². The van der Waals surface area contributed by atoms with Crippen molar-refractivity contribution in [3.63, 3.8) is 0 Å². The van der Waals surface area contributed by atoms with Crippen LogP contribution in [0.1, 0.15) is 18.1 Å². The molecule has 0 saturated carbocycles. The van der Waals surface area contributed by atoms with Crippen LogP contribution in [0.2, 0.25) is 0 Å². The zero-order valence-electron chi connectivity index (χ0n) is 12.7. The number of hydrogen-bond acceptors (Lipinski definition) is 5. The summed E-state index contributed by atoms with van der Waals surface area (Å²) in [5.74, 6) is 0.518. The van der Waals surface area contributed by atoms with Crippen LogP contribution in [-0.4, -0.2) is 46.0 Å². The summed E-state index contributed by atoms with van der Waals surface area (Å²) in [4.78, 5) is 17.3. The molecule has 116 valence electrons. The van der Waals surface area contributed by atoms with Crippen LogP contribution in [-0.2, 0) is 13.0 Å². The zero-order chi connectivity index (χ0) is 15.4. The first kappa shape index (κ1) is 14.8. The second kappa shape index (κ2) is 6.79. The number of nitrogens with zero attached hydrogens (tertiary/aromatic N) is 5. The fourth-order valence-corrected chi connectivity index (χ4v) is 2.60. The van der Waals surface area contributed by atoms with Crippen LogP contribution in [0.15, 0.2) is 30.9 Å². The lowest BCUT2D eigenvalue weighted by Gasteiger charge is -2.34. The molecule has 2 aromatic rings.